The van der Waals surface area contributed by atoms with E-state index in [4.69, 9.17) is 0 Å². The smallest absolute Gasteiger partial charge is 0.266 e. The molecular weight excluding hydrogens is 376 g/mol. The van der Waals surface area contributed by atoms with Crippen LogP contribution in [0.25, 0.3) is 0 Å². The lowest BCUT2D eigenvalue weighted by atomic mass is 10.1. The third-order valence-corrected chi connectivity index (χ3v) is 6.10. The number of benzene rings is 1. The largest absolute Gasteiger partial charge is 0.273 e. The molecule has 2 aromatic rings. The predicted octanol–water partition coefficient (Wildman–Crippen LogP) is 2.70. The number of hydrazine groups is 1. The number of nitrogens with one attached hydrogen (secondary N) is 2. The molecule has 0 saturated heterocycles. The first-order valence-electron chi connectivity index (χ1n) is 6.09. The number of halogens is 1. The molecule has 0 spiro atoms. The molecule has 1 aromatic carbocycles. The average Bonchev–Trinajstić information content (AvgIpc) is 2.92. The van der Waals surface area contributed by atoms with Crippen molar-refractivity contribution in [3.8, 4) is 0 Å². The minimum atomic E-state index is -3.75. The number of rotatable bonds is 5. The summed E-state index contributed by atoms with van der Waals surface area (Å²) in [4.78, 5) is 14.0. The van der Waals surface area contributed by atoms with Crippen LogP contribution in [0.4, 0.5) is 0 Å². The van der Waals surface area contributed by atoms with E-state index in [1.807, 2.05) is 19.1 Å². The Labute approximate surface area is 135 Å². The van der Waals surface area contributed by atoms with E-state index in [1.54, 1.807) is 18.2 Å². The van der Waals surface area contributed by atoms with Crippen molar-refractivity contribution < 1.29 is 13.2 Å². The van der Waals surface area contributed by atoms with Gasteiger partial charge in [-0.15, -0.1) is 16.2 Å². The molecular formula is C13H13BrN2O3S2. The van der Waals surface area contributed by atoms with E-state index in [1.165, 1.54) is 6.07 Å². The van der Waals surface area contributed by atoms with Crippen LogP contribution in [-0.4, -0.2) is 14.3 Å². The first kappa shape index (κ1) is 16.2. The van der Waals surface area contributed by atoms with Gasteiger partial charge in [0, 0.05) is 5.56 Å². The van der Waals surface area contributed by atoms with Crippen LogP contribution in [0.1, 0.15) is 22.8 Å². The SMILES string of the molecule is CCc1ccc(C(=O)NNS(=O)(=O)c2ccc(Br)s2)cc1. The van der Waals surface area contributed by atoms with Gasteiger partial charge >= 0.3 is 0 Å². The lowest BCUT2D eigenvalue weighted by Gasteiger charge is -2.07. The topological polar surface area (TPSA) is 75.3 Å². The van der Waals surface area contributed by atoms with Crippen LogP contribution in [-0.2, 0) is 16.4 Å². The average molecular weight is 389 g/mol. The van der Waals surface area contributed by atoms with Gasteiger partial charge in [0.1, 0.15) is 4.21 Å². The van der Waals surface area contributed by atoms with Crippen molar-refractivity contribution in [2.75, 3.05) is 0 Å². The molecule has 0 aliphatic rings. The molecule has 1 amide bonds. The van der Waals surface area contributed by atoms with Crippen molar-refractivity contribution in [1.29, 1.82) is 0 Å². The molecule has 0 radical (unpaired) electrons. The highest BCUT2D eigenvalue weighted by atomic mass is 79.9. The van der Waals surface area contributed by atoms with Gasteiger partial charge in [-0.05, 0) is 52.2 Å². The Morgan fingerprint density at radius 3 is 2.38 bits per heavy atom. The fourth-order valence-electron chi connectivity index (χ4n) is 1.57. The van der Waals surface area contributed by atoms with Crippen LogP contribution in [0.2, 0.25) is 0 Å². The highest BCUT2D eigenvalue weighted by Gasteiger charge is 2.17. The van der Waals surface area contributed by atoms with Crippen molar-refractivity contribution in [3.05, 3.63) is 51.3 Å². The number of hydrogen-bond donors (Lipinski definition) is 2. The molecule has 2 rings (SSSR count). The molecule has 1 heterocycles. The van der Waals surface area contributed by atoms with E-state index >= 15 is 0 Å². The molecule has 2 N–H and O–H groups in total. The van der Waals surface area contributed by atoms with Gasteiger partial charge in [-0.3, -0.25) is 10.2 Å². The summed E-state index contributed by atoms with van der Waals surface area (Å²) >= 11 is 4.26. The number of amides is 1. The maximum Gasteiger partial charge on any atom is 0.266 e. The molecule has 0 atom stereocenters. The monoisotopic (exact) mass is 388 g/mol. The third-order valence-electron chi connectivity index (χ3n) is 2.74. The third kappa shape index (κ3) is 4.13. The van der Waals surface area contributed by atoms with Crippen molar-refractivity contribution in [1.82, 2.24) is 10.3 Å². The Morgan fingerprint density at radius 2 is 1.86 bits per heavy atom. The first-order valence-corrected chi connectivity index (χ1v) is 9.18. The van der Waals surface area contributed by atoms with E-state index < -0.39 is 15.9 Å². The molecule has 5 nitrogen and oxygen atoms in total. The lowest BCUT2D eigenvalue weighted by Crippen LogP contribution is -2.41. The van der Waals surface area contributed by atoms with Crippen LogP contribution in [0.3, 0.4) is 0 Å². The zero-order valence-electron chi connectivity index (χ0n) is 11.1. The Morgan fingerprint density at radius 1 is 1.19 bits per heavy atom. The molecule has 0 aliphatic heterocycles. The van der Waals surface area contributed by atoms with Gasteiger partial charge in [-0.2, -0.15) is 0 Å². The zero-order valence-corrected chi connectivity index (χ0v) is 14.3. The second-order valence-electron chi connectivity index (χ2n) is 4.17. The van der Waals surface area contributed by atoms with E-state index in [9.17, 15) is 13.2 Å². The molecule has 21 heavy (non-hydrogen) atoms. The molecule has 0 bridgehead atoms. The highest BCUT2D eigenvalue weighted by Crippen LogP contribution is 2.25. The molecule has 1 aromatic heterocycles. The van der Waals surface area contributed by atoms with Crippen molar-refractivity contribution >= 4 is 43.2 Å². The summed E-state index contributed by atoms with van der Waals surface area (Å²) in [5, 5.41) is 0. The minimum Gasteiger partial charge on any atom is -0.273 e. The Balaban J connectivity index is 2.03. The van der Waals surface area contributed by atoms with Gasteiger partial charge in [0.2, 0.25) is 0 Å². The Hall–Kier alpha value is -1.22. The van der Waals surface area contributed by atoms with Crippen molar-refractivity contribution in [2.24, 2.45) is 0 Å². The van der Waals surface area contributed by atoms with E-state index in [0.29, 0.717) is 9.35 Å². The summed E-state index contributed by atoms with van der Waals surface area (Å²) in [6.07, 6.45) is 0.877. The van der Waals surface area contributed by atoms with Gasteiger partial charge in [-0.25, -0.2) is 8.42 Å². The number of carbonyl (C=O) groups excluding carboxylic acids is 1. The van der Waals surface area contributed by atoms with Gasteiger partial charge in [0.15, 0.2) is 0 Å². The maximum atomic E-state index is 11.9. The van der Waals surface area contributed by atoms with Crippen LogP contribution >= 0.6 is 27.3 Å². The Kier molecular flexibility index (Phi) is 5.15. The second-order valence-corrected chi connectivity index (χ2v) is 8.54. The van der Waals surface area contributed by atoms with Gasteiger partial charge in [-0.1, -0.05) is 19.1 Å². The standard InChI is InChI=1S/C13H13BrN2O3S2/c1-2-9-3-5-10(6-4-9)13(17)15-16-21(18,19)12-8-7-11(14)20-12/h3-8,16H,2H2,1H3,(H,15,17). The number of sulfonamides is 1. The van der Waals surface area contributed by atoms with E-state index in [-0.39, 0.29) is 4.21 Å². The van der Waals surface area contributed by atoms with Crippen molar-refractivity contribution in [2.45, 2.75) is 17.6 Å². The minimum absolute atomic E-state index is 0.121. The molecule has 0 fully saturated rings. The number of aryl methyl sites for hydroxylation is 1. The summed E-state index contributed by atoms with van der Waals surface area (Å²) in [5.74, 6) is -0.503. The number of hydrogen-bond acceptors (Lipinski definition) is 4. The normalized spacial score (nSPS) is 11.3. The van der Waals surface area contributed by atoms with Gasteiger partial charge < -0.3 is 0 Å². The van der Waals surface area contributed by atoms with Gasteiger partial charge in [0.25, 0.3) is 15.9 Å². The second kappa shape index (κ2) is 6.69. The van der Waals surface area contributed by atoms with Crippen LogP contribution < -0.4 is 10.3 Å². The summed E-state index contributed by atoms with van der Waals surface area (Å²) in [6.45, 7) is 2.02. The number of carbonyl (C=O) groups is 1. The van der Waals surface area contributed by atoms with Crippen LogP contribution in [0, 0.1) is 0 Å². The molecule has 0 aliphatic carbocycles. The molecule has 8 heteroatoms. The van der Waals surface area contributed by atoms with Gasteiger partial charge in [0.05, 0.1) is 3.79 Å². The van der Waals surface area contributed by atoms with Crippen molar-refractivity contribution in [3.63, 3.8) is 0 Å². The number of thiophene rings is 1. The predicted molar refractivity (Wildman–Crippen MR) is 85.6 cm³/mol. The maximum absolute atomic E-state index is 11.9. The van der Waals surface area contributed by atoms with E-state index in [2.05, 4.69) is 26.2 Å². The van der Waals surface area contributed by atoms with Crippen LogP contribution in [0.5, 0.6) is 0 Å². The summed E-state index contributed by atoms with van der Waals surface area (Å²) in [5.41, 5.74) is 3.70. The lowest BCUT2D eigenvalue weighted by molar-refractivity contribution is 0.0945. The quantitative estimate of drug-likeness (QED) is 0.773. The zero-order chi connectivity index (χ0) is 15.5. The summed E-state index contributed by atoms with van der Waals surface area (Å²) in [6, 6.07) is 10.1. The Bertz CT molecular complexity index is 739. The molecule has 0 unspecified atom stereocenters. The molecule has 112 valence electrons. The fourth-order valence-corrected chi connectivity index (χ4v) is 4.42. The fraction of sp³-hybridized carbons (Fsp3) is 0.154. The molecule has 0 saturated carbocycles. The summed E-state index contributed by atoms with van der Waals surface area (Å²) in [7, 11) is -3.75. The highest BCUT2D eigenvalue weighted by molar-refractivity contribution is 9.11. The summed E-state index contributed by atoms with van der Waals surface area (Å²) < 4.78 is 24.7. The van der Waals surface area contributed by atoms with Crippen LogP contribution in [0.15, 0.2) is 44.4 Å². The van der Waals surface area contributed by atoms with E-state index in [0.717, 1.165) is 23.3 Å². The first-order chi connectivity index (χ1) is 9.92.